The molecule has 1 saturated carbocycles. The average molecular weight is 296 g/mol. The third kappa shape index (κ3) is 1.35. The summed E-state index contributed by atoms with van der Waals surface area (Å²) in [6.45, 7) is 0. The molecule has 1 N–H and O–H groups in total. The highest BCUT2D eigenvalue weighted by molar-refractivity contribution is 9.10. The van der Waals surface area contributed by atoms with E-state index in [1.807, 2.05) is 0 Å². The van der Waals surface area contributed by atoms with Gasteiger partial charge in [-0.3, -0.25) is 4.79 Å². The second-order valence-corrected chi connectivity index (χ2v) is 5.26. The van der Waals surface area contributed by atoms with Gasteiger partial charge in [0.2, 0.25) is 5.91 Å². The minimum Gasteiger partial charge on any atom is -0.465 e. The first kappa shape index (κ1) is 10.8. The third-order valence-corrected chi connectivity index (χ3v) is 4.12. The molecule has 1 aliphatic carbocycles. The van der Waals surface area contributed by atoms with Crippen LogP contribution in [0.5, 0.6) is 0 Å². The minimum atomic E-state index is -0.394. The normalized spacial score (nSPS) is 18.8. The van der Waals surface area contributed by atoms with E-state index < -0.39 is 5.97 Å². The smallest absolute Gasteiger partial charge is 0.339 e. The van der Waals surface area contributed by atoms with E-state index in [9.17, 15) is 9.59 Å². The molecule has 2 aliphatic rings. The van der Waals surface area contributed by atoms with Crippen molar-refractivity contribution in [2.24, 2.45) is 0 Å². The van der Waals surface area contributed by atoms with Gasteiger partial charge < -0.3 is 10.1 Å². The number of nitrogens with one attached hydrogen (secondary N) is 1. The minimum absolute atomic E-state index is 0.0430. The Hall–Kier alpha value is -1.36. The standard InChI is InChI=1S/C12H10BrNO3/c1-17-10(15)6-4-7-9(5-8(6)13)14-11(16)12(7)2-3-12/h4-5H,2-3H2,1H3,(H,14,16). The van der Waals surface area contributed by atoms with Crippen LogP contribution in [-0.4, -0.2) is 19.0 Å². The Kier molecular flexibility index (Phi) is 2.10. The van der Waals surface area contributed by atoms with Crippen LogP contribution < -0.4 is 5.32 Å². The van der Waals surface area contributed by atoms with Gasteiger partial charge in [0.1, 0.15) is 0 Å². The summed E-state index contributed by atoms with van der Waals surface area (Å²) in [5.41, 5.74) is 1.81. The van der Waals surface area contributed by atoms with Crippen LogP contribution in [0.3, 0.4) is 0 Å². The Morgan fingerprint density at radius 2 is 2.18 bits per heavy atom. The highest BCUT2D eigenvalue weighted by atomic mass is 79.9. The number of rotatable bonds is 1. The molecule has 0 atom stereocenters. The summed E-state index contributed by atoms with van der Waals surface area (Å²) < 4.78 is 5.36. The second-order valence-electron chi connectivity index (χ2n) is 4.41. The molecule has 4 nitrogen and oxygen atoms in total. The molecule has 1 aromatic rings. The van der Waals surface area contributed by atoms with Crippen LogP contribution in [-0.2, 0) is 14.9 Å². The van der Waals surface area contributed by atoms with Gasteiger partial charge in [-0.05, 0) is 46.5 Å². The van der Waals surface area contributed by atoms with Gasteiger partial charge in [0.05, 0.1) is 18.1 Å². The third-order valence-electron chi connectivity index (χ3n) is 3.46. The molecule has 1 aliphatic heterocycles. The monoisotopic (exact) mass is 295 g/mol. The number of anilines is 1. The molecule has 5 heteroatoms. The summed E-state index contributed by atoms with van der Waals surface area (Å²) in [6, 6.07) is 3.53. The number of carbonyl (C=O) groups is 2. The van der Waals surface area contributed by atoms with Gasteiger partial charge in [-0.15, -0.1) is 0 Å². The Morgan fingerprint density at radius 1 is 1.47 bits per heavy atom. The summed E-state index contributed by atoms with van der Waals surface area (Å²) in [7, 11) is 1.35. The number of halogens is 1. The lowest BCUT2D eigenvalue weighted by atomic mass is 9.96. The van der Waals surface area contributed by atoms with Crippen molar-refractivity contribution in [2.45, 2.75) is 18.3 Å². The number of hydrogen-bond donors (Lipinski definition) is 1. The maximum Gasteiger partial charge on any atom is 0.339 e. The van der Waals surface area contributed by atoms with Crippen LogP contribution in [0.4, 0.5) is 5.69 Å². The molecule has 1 amide bonds. The number of esters is 1. The van der Waals surface area contributed by atoms with E-state index >= 15 is 0 Å². The van der Waals surface area contributed by atoms with Crippen LogP contribution in [0.15, 0.2) is 16.6 Å². The van der Waals surface area contributed by atoms with E-state index in [1.165, 1.54) is 7.11 Å². The van der Waals surface area contributed by atoms with Crippen molar-refractivity contribution in [3.8, 4) is 0 Å². The molecule has 1 aromatic carbocycles. The molecule has 0 unspecified atom stereocenters. The SMILES string of the molecule is COC(=O)c1cc2c(cc1Br)NC(=O)C21CC1. The van der Waals surface area contributed by atoms with Crippen molar-refractivity contribution in [2.75, 3.05) is 12.4 Å². The van der Waals surface area contributed by atoms with E-state index in [2.05, 4.69) is 21.2 Å². The molecule has 0 aromatic heterocycles. The fraction of sp³-hybridized carbons (Fsp3) is 0.333. The van der Waals surface area contributed by atoms with Crippen LogP contribution >= 0.6 is 15.9 Å². The molecular formula is C12H10BrNO3. The number of hydrogen-bond acceptors (Lipinski definition) is 3. The van der Waals surface area contributed by atoms with E-state index in [0.29, 0.717) is 10.0 Å². The topological polar surface area (TPSA) is 55.4 Å². The number of methoxy groups -OCH3 is 1. The maximum absolute atomic E-state index is 11.8. The zero-order valence-electron chi connectivity index (χ0n) is 9.17. The molecule has 1 heterocycles. The first-order chi connectivity index (χ1) is 8.08. The second kappa shape index (κ2) is 3.32. The Balaban J connectivity index is 2.16. The van der Waals surface area contributed by atoms with Crippen molar-refractivity contribution < 1.29 is 14.3 Å². The van der Waals surface area contributed by atoms with Crippen molar-refractivity contribution in [3.63, 3.8) is 0 Å². The quantitative estimate of drug-likeness (QED) is 0.808. The van der Waals surface area contributed by atoms with Gasteiger partial charge in [0, 0.05) is 10.2 Å². The summed E-state index contributed by atoms with van der Waals surface area (Å²) in [5, 5.41) is 2.85. The Labute approximate surface area is 106 Å². The number of fused-ring (bicyclic) bond motifs is 2. The summed E-state index contributed by atoms with van der Waals surface area (Å²) in [4.78, 5) is 23.4. The summed E-state index contributed by atoms with van der Waals surface area (Å²) >= 11 is 3.32. The van der Waals surface area contributed by atoms with Crippen LogP contribution in [0.2, 0.25) is 0 Å². The van der Waals surface area contributed by atoms with Crippen molar-refractivity contribution in [1.29, 1.82) is 0 Å². The Morgan fingerprint density at radius 3 is 2.76 bits per heavy atom. The van der Waals surface area contributed by atoms with Gasteiger partial charge in [0.25, 0.3) is 0 Å². The highest BCUT2D eigenvalue weighted by Gasteiger charge is 2.56. The predicted octanol–water partition coefficient (Wildman–Crippen LogP) is 2.22. The lowest BCUT2D eigenvalue weighted by molar-refractivity contribution is -0.117. The van der Waals surface area contributed by atoms with E-state index in [1.54, 1.807) is 12.1 Å². The molecule has 1 fully saturated rings. The zero-order valence-corrected chi connectivity index (χ0v) is 10.8. The number of benzene rings is 1. The maximum atomic E-state index is 11.8. The van der Waals surface area contributed by atoms with Crippen LogP contribution in [0, 0.1) is 0 Å². The summed E-state index contributed by atoms with van der Waals surface area (Å²) in [6.07, 6.45) is 1.71. The van der Waals surface area contributed by atoms with Crippen molar-refractivity contribution in [3.05, 3.63) is 27.7 Å². The van der Waals surface area contributed by atoms with Gasteiger partial charge >= 0.3 is 5.97 Å². The fourth-order valence-corrected chi connectivity index (χ4v) is 2.83. The molecule has 0 saturated heterocycles. The molecule has 1 spiro atoms. The van der Waals surface area contributed by atoms with Crippen LogP contribution in [0.25, 0.3) is 0 Å². The number of carbonyl (C=O) groups excluding carboxylic acids is 2. The van der Waals surface area contributed by atoms with E-state index in [0.717, 1.165) is 24.1 Å². The predicted molar refractivity (Wildman–Crippen MR) is 65.0 cm³/mol. The lowest BCUT2D eigenvalue weighted by Crippen LogP contribution is -2.18. The first-order valence-corrected chi connectivity index (χ1v) is 6.11. The molecule has 17 heavy (non-hydrogen) atoms. The van der Waals surface area contributed by atoms with Crippen LogP contribution in [0.1, 0.15) is 28.8 Å². The number of amides is 1. The molecule has 88 valence electrons. The Bertz CT molecular complexity index is 549. The highest BCUT2D eigenvalue weighted by Crippen LogP contribution is 2.55. The molecular weight excluding hydrogens is 286 g/mol. The molecule has 0 bridgehead atoms. The van der Waals surface area contributed by atoms with Gasteiger partial charge in [-0.25, -0.2) is 4.79 Å². The first-order valence-electron chi connectivity index (χ1n) is 5.32. The van der Waals surface area contributed by atoms with E-state index in [4.69, 9.17) is 4.74 Å². The van der Waals surface area contributed by atoms with E-state index in [-0.39, 0.29) is 11.3 Å². The van der Waals surface area contributed by atoms with Gasteiger partial charge in [0.15, 0.2) is 0 Å². The van der Waals surface area contributed by atoms with Crippen molar-refractivity contribution >= 4 is 33.5 Å². The molecule has 0 radical (unpaired) electrons. The van der Waals surface area contributed by atoms with Gasteiger partial charge in [-0.2, -0.15) is 0 Å². The average Bonchev–Trinajstić information content (AvgIpc) is 3.04. The zero-order chi connectivity index (χ0) is 12.2. The fourth-order valence-electron chi connectivity index (χ4n) is 2.32. The largest absolute Gasteiger partial charge is 0.465 e. The number of ether oxygens (including phenoxy) is 1. The lowest BCUT2D eigenvalue weighted by Gasteiger charge is -2.08. The van der Waals surface area contributed by atoms with Crippen molar-refractivity contribution in [1.82, 2.24) is 0 Å². The summed E-state index contributed by atoms with van der Waals surface area (Å²) in [5.74, 6) is -0.351. The molecule has 3 rings (SSSR count). The van der Waals surface area contributed by atoms with Gasteiger partial charge in [-0.1, -0.05) is 0 Å².